The van der Waals surface area contributed by atoms with Crippen LogP contribution in [0.2, 0.25) is 0 Å². The molecule has 0 radical (unpaired) electrons. The lowest BCUT2D eigenvalue weighted by Crippen LogP contribution is -2.19. The zero-order valence-corrected chi connectivity index (χ0v) is 11.5. The molecule has 102 valence electrons. The van der Waals surface area contributed by atoms with Crippen LogP contribution >= 0.6 is 0 Å². The van der Waals surface area contributed by atoms with Crippen molar-refractivity contribution in [2.45, 2.75) is 25.9 Å². The first-order valence-corrected chi connectivity index (χ1v) is 6.92. The Kier molecular flexibility index (Phi) is 3.48. The van der Waals surface area contributed by atoms with E-state index in [0.29, 0.717) is 0 Å². The molecule has 0 fully saturated rings. The van der Waals surface area contributed by atoms with Crippen molar-refractivity contribution in [1.82, 2.24) is 14.5 Å². The summed E-state index contributed by atoms with van der Waals surface area (Å²) < 4.78 is 2.10. The van der Waals surface area contributed by atoms with Gasteiger partial charge in [0.2, 0.25) is 0 Å². The number of nitrogens with zero attached hydrogens (tertiary/aromatic N) is 3. The summed E-state index contributed by atoms with van der Waals surface area (Å²) in [6.45, 7) is 3.07. The predicted molar refractivity (Wildman–Crippen MR) is 80.3 cm³/mol. The SMILES string of the molecule is CCCn1ccnc1C(N)c1ccc2ccccc2n1. The van der Waals surface area contributed by atoms with E-state index in [0.717, 1.165) is 35.4 Å². The summed E-state index contributed by atoms with van der Waals surface area (Å²) >= 11 is 0. The van der Waals surface area contributed by atoms with Crippen LogP contribution < -0.4 is 5.73 Å². The largest absolute Gasteiger partial charge is 0.333 e. The van der Waals surface area contributed by atoms with E-state index >= 15 is 0 Å². The van der Waals surface area contributed by atoms with Crippen LogP contribution in [0.5, 0.6) is 0 Å². The van der Waals surface area contributed by atoms with E-state index in [1.165, 1.54) is 0 Å². The van der Waals surface area contributed by atoms with E-state index in [2.05, 4.69) is 33.6 Å². The summed E-state index contributed by atoms with van der Waals surface area (Å²) in [5, 5.41) is 1.13. The molecule has 4 nitrogen and oxygen atoms in total. The standard InChI is InChI=1S/C16H18N4/c1-2-10-20-11-9-18-16(20)15(17)14-8-7-12-5-3-4-6-13(12)19-14/h3-9,11,15H,2,10,17H2,1H3. The fourth-order valence-electron chi connectivity index (χ4n) is 2.42. The lowest BCUT2D eigenvalue weighted by atomic mass is 10.1. The quantitative estimate of drug-likeness (QED) is 0.790. The first-order valence-electron chi connectivity index (χ1n) is 6.92. The average Bonchev–Trinajstić information content (AvgIpc) is 2.94. The number of benzene rings is 1. The number of rotatable bonds is 4. The lowest BCUT2D eigenvalue weighted by Gasteiger charge is -2.13. The molecule has 0 aliphatic carbocycles. The molecule has 0 saturated heterocycles. The van der Waals surface area contributed by atoms with Crippen LogP contribution in [0.1, 0.15) is 30.9 Å². The molecule has 1 aromatic carbocycles. The van der Waals surface area contributed by atoms with Crippen LogP contribution in [-0.4, -0.2) is 14.5 Å². The van der Waals surface area contributed by atoms with Crippen molar-refractivity contribution in [2.24, 2.45) is 5.73 Å². The zero-order chi connectivity index (χ0) is 13.9. The maximum absolute atomic E-state index is 6.34. The zero-order valence-electron chi connectivity index (χ0n) is 11.5. The fourth-order valence-corrected chi connectivity index (χ4v) is 2.42. The van der Waals surface area contributed by atoms with Crippen LogP contribution in [0, 0.1) is 0 Å². The number of hydrogen-bond donors (Lipinski definition) is 1. The molecule has 0 bridgehead atoms. The van der Waals surface area contributed by atoms with Crippen LogP contribution in [0.25, 0.3) is 10.9 Å². The minimum absolute atomic E-state index is 0.291. The third-order valence-corrected chi connectivity index (χ3v) is 3.43. The third-order valence-electron chi connectivity index (χ3n) is 3.43. The summed E-state index contributed by atoms with van der Waals surface area (Å²) in [7, 11) is 0. The monoisotopic (exact) mass is 266 g/mol. The number of imidazole rings is 1. The molecule has 3 rings (SSSR count). The van der Waals surface area contributed by atoms with Gasteiger partial charge in [-0.05, 0) is 18.6 Å². The highest BCUT2D eigenvalue weighted by Gasteiger charge is 2.16. The van der Waals surface area contributed by atoms with Crippen molar-refractivity contribution < 1.29 is 0 Å². The van der Waals surface area contributed by atoms with Gasteiger partial charge < -0.3 is 10.3 Å². The molecular formula is C16H18N4. The van der Waals surface area contributed by atoms with Crippen LogP contribution in [0.4, 0.5) is 0 Å². The van der Waals surface area contributed by atoms with E-state index in [1.807, 2.05) is 30.5 Å². The number of aromatic nitrogens is 3. The molecule has 0 saturated carbocycles. The molecule has 0 aliphatic heterocycles. The Bertz CT molecular complexity index is 717. The summed E-state index contributed by atoms with van der Waals surface area (Å²) in [6, 6.07) is 11.8. The third kappa shape index (κ3) is 2.30. The van der Waals surface area contributed by atoms with Gasteiger partial charge in [0, 0.05) is 24.3 Å². The summed E-state index contributed by atoms with van der Waals surface area (Å²) in [4.78, 5) is 9.04. The molecule has 1 unspecified atom stereocenters. The summed E-state index contributed by atoms with van der Waals surface area (Å²) in [5.41, 5.74) is 8.16. The molecule has 4 heteroatoms. The Morgan fingerprint density at radius 2 is 2.05 bits per heavy atom. The van der Waals surface area contributed by atoms with Crippen molar-refractivity contribution in [3.8, 4) is 0 Å². The Labute approximate surface area is 118 Å². The Morgan fingerprint density at radius 3 is 2.90 bits per heavy atom. The average molecular weight is 266 g/mol. The highest BCUT2D eigenvalue weighted by atomic mass is 15.1. The maximum Gasteiger partial charge on any atom is 0.131 e. The Hall–Kier alpha value is -2.20. The van der Waals surface area contributed by atoms with Crippen molar-refractivity contribution >= 4 is 10.9 Å². The molecule has 3 aromatic rings. The van der Waals surface area contributed by atoms with E-state index in [4.69, 9.17) is 5.73 Å². The predicted octanol–water partition coefficient (Wildman–Crippen LogP) is 2.89. The molecule has 2 N–H and O–H groups in total. The van der Waals surface area contributed by atoms with Crippen molar-refractivity contribution in [2.75, 3.05) is 0 Å². The van der Waals surface area contributed by atoms with Gasteiger partial charge in [0.1, 0.15) is 11.9 Å². The van der Waals surface area contributed by atoms with Crippen LogP contribution in [0.15, 0.2) is 48.8 Å². The first-order chi connectivity index (χ1) is 9.79. The number of para-hydroxylation sites is 1. The van der Waals surface area contributed by atoms with Crippen LogP contribution in [0.3, 0.4) is 0 Å². The van der Waals surface area contributed by atoms with Crippen molar-refractivity contribution in [1.29, 1.82) is 0 Å². The van der Waals surface area contributed by atoms with E-state index in [-0.39, 0.29) is 6.04 Å². The topological polar surface area (TPSA) is 56.7 Å². The normalized spacial score (nSPS) is 12.7. The Balaban J connectivity index is 1.99. The van der Waals surface area contributed by atoms with E-state index in [1.54, 1.807) is 6.20 Å². The molecule has 0 aliphatic rings. The van der Waals surface area contributed by atoms with E-state index < -0.39 is 0 Å². The van der Waals surface area contributed by atoms with Gasteiger partial charge in [-0.15, -0.1) is 0 Å². The molecule has 20 heavy (non-hydrogen) atoms. The van der Waals surface area contributed by atoms with Crippen LogP contribution in [-0.2, 0) is 6.54 Å². The van der Waals surface area contributed by atoms with Gasteiger partial charge >= 0.3 is 0 Å². The van der Waals surface area contributed by atoms with Gasteiger partial charge in [-0.1, -0.05) is 31.2 Å². The maximum atomic E-state index is 6.34. The van der Waals surface area contributed by atoms with Gasteiger partial charge in [0.25, 0.3) is 0 Å². The second kappa shape index (κ2) is 5.43. The minimum atomic E-state index is -0.291. The summed E-state index contributed by atoms with van der Waals surface area (Å²) in [5.74, 6) is 0.870. The van der Waals surface area contributed by atoms with Gasteiger partial charge in [-0.25, -0.2) is 4.98 Å². The lowest BCUT2D eigenvalue weighted by molar-refractivity contribution is 0.608. The number of aryl methyl sites for hydroxylation is 1. The second-order valence-corrected chi connectivity index (χ2v) is 4.89. The first kappa shape index (κ1) is 12.8. The Morgan fingerprint density at radius 1 is 1.20 bits per heavy atom. The molecule has 1 atom stereocenters. The number of hydrogen-bond acceptors (Lipinski definition) is 3. The molecule has 0 spiro atoms. The van der Waals surface area contributed by atoms with Gasteiger partial charge in [0.15, 0.2) is 0 Å². The minimum Gasteiger partial charge on any atom is -0.333 e. The molecule has 2 heterocycles. The second-order valence-electron chi connectivity index (χ2n) is 4.89. The van der Waals surface area contributed by atoms with Gasteiger partial charge in [-0.3, -0.25) is 4.98 Å². The highest BCUT2D eigenvalue weighted by Crippen LogP contribution is 2.20. The number of nitrogens with two attached hydrogens (primary N) is 1. The number of pyridine rings is 1. The van der Waals surface area contributed by atoms with Crippen molar-refractivity contribution in [3.05, 3.63) is 60.3 Å². The van der Waals surface area contributed by atoms with Gasteiger partial charge in [0.05, 0.1) is 11.2 Å². The molecular weight excluding hydrogens is 248 g/mol. The van der Waals surface area contributed by atoms with Crippen molar-refractivity contribution in [3.63, 3.8) is 0 Å². The molecule has 0 amide bonds. The highest BCUT2D eigenvalue weighted by molar-refractivity contribution is 5.78. The fraction of sp³-hybridized carbons (Fsp3) is 0.250. The smallest absolute Gasteiger partial charge is 0.131 e. The molecule has 2 aromatic heterocycles. The van der Waals surface area contributed by atoms with Gasteiger partial charge in [-0.2, -0.15) is 0 Å². The summed E-state index contributed by atoms with van der Waals surface area (Å²) in [6.07, 6.45) is 4.83. The number of fused-ring (bicyclic) bond motifs is 1. The van der Waals surface area contributed by atoms with E-state index in [9.17, 15) is 0 Å².